The molecule has 0 atom stereocenters. The molecule has 0 saturated heterocycles. The Bertz CT molecular complexity index is 817. The largest absolute Gasteiger partial charge is 0.308 e. The number of anilines is 1. The summed E-state index contributed by atoms with van der Waals surface area (Å²) in [6, 6.07) is 10.9. The van der Waals surface area contributed by atoms with Crippen LogP contribution in [0, 0.1) is 6.92 Å². The number of nitrogens with two attached hydrogens (primary N) is 1. The number of benzene rings is 1. The molecule has 2 aromatic heterocycles. The number of hydrogen-bond donors (Lipinski definition) is 2. The second-order valence-electron chi connectivity index (χ2n) is 4.61. The highest BCUT2D eigenvalue weighted by Crippen LogP contribution is 2.18. The van der Waals surface area contributed by atoms with Crippen LogP contribution in [-0.4, -0.2) is 31.1 Å². The predicted molar refractivity (Wildman–Crippen MR) is 84.8 cm³/mol. The van der Waals surface area contributed by atoms with Gasteiger partial charge in [-0.25, -0.2) is 10.8 Å². The lowest BCUT2D eigenvalue weighted by Crippen LogP contribution is -2.12. The molecule has 112 valence electrons. The quantitative estimate of drug-likeness (QED) is 0.320. The fraction of sp³-hybridized carbons (Fsp3) is 0.143. The number of carbonyl (C=O) groups is 1. The monoisotopic (exact) mass is 314 g/mol. The van der Waals surface area contributed by atoms with Gasteiger partial charge in [0.2, 0.25) is 5.16 Å². The van der Waals surface area contributed by atoms with Crippen LogP contribution in [0.15, 0.2) is 41.6 Å². The number of thioether (sulfide) groups is 1. The Morgan fingerprint density at radius 3 is 2.82 bits per heavy atom. The van der Waals surface area contributed by atoms with Gasteiger partial charge in [-0.15, -0.1) is 5.10 Å². The lowest BCUT2D eigenvalue weighted by molar-refractivity contribution is 0.102. The molecule has 0 bridgehead atoms. The summed E-state index contributed by atoms with van der Waals surface area (Å²) in [4.78, 5) is 20.7. The molecule has 3 rings (SSSR count). The van der Waals surface area contributed by atoms with E-state index in [1.54, 1.807) is 18.2 Å². The molecule has 2 heterocycles. The molecule has 0 radical (unpaired) electrons. The van der Waals surface area contributed by atoms with Crippen molar-refractivity contribution in [1.82, 2.24) is 19.6 Å². The first-order chi connectivity index (χ1) is 10.7. The zero-order valence-corrected chi connectivity index (χ0v) is 12.7. The maximum atomic E-state index is 12.1. The Labute approximate surface area is 130 Å². The molecule has 0 spiro atoms. The van der Waals surface area contributed by atoms with Crippen LogP contribution >= 0.6 is 11.8 Å². The summed E-state index contributed by atoms with van der Waals surface area (Å²) < 4.78 is 1.52. The van der Waals surface area contributed by atoms with Crippen LogP contribution in [0.3, 0.4) is 0 Å². The van der Waals surface area contributed by atoms with Crippen molar-refractivity contribution < 1.29 is 4.79 Å². The maximum Gasteiger partial charge on any atom is 0.255 e. The van der Waals surface area contributed by atoms with Crippen molar-refractivity contribution in [1.29, 1.82) is 0 Å². The number of Topliss-reactive ketones (excluding diaryl/α,β-unsaturated/α-hetero) is 1. The van der Waals surface area contributed by atoms with Crippen molar-refractivity contribution in [3.05, 3.63) is 47.7 Å². The second kappa shape index (κ2) is 6.12. The smallest absolute Gasteiger partial charge is 0.255 e. The highest BCUT2D eigenvalue weighted by molar-refractivity contribution is 7.99. The molecule has 7 nitrogen and oxygen atoms in total. The van der Waals surface area contributed by atoms with Gasteiger partial charge in [0.1, 0.15) is 5.82 Å². The van der Waals surface area contributed by atoms with Gasteiger partial charge in [-0.2, -0.15) is 9.50 Å². The van der Waals surface area contributed by atoms with Crippen LogP contribution in [0.25, 0.3) is 5.78 Å². The van der Waals surface area contributed by atoms with Crippen molar-refractivity contribution in [2.75, 3.05) is 11.2 Å². The fourth-order valence-corrected chi connectivity index (χ4v) is 2.68. The highest BCUT2D eigenvalue weighted by atomic mass is 32.2. The third kappa shape index (κ3) is 2.92. The molecule has 3 aromatic rings. The summed E-state index contributed by atoms with van der Waals surface area (Å²) in [6.45, 7) is 1.85. The number of ketones is 1. The Morgan fingerprint density at radius 1 is 1.32 bits per heavy atom. The van der Waals surface area contributed by atoms with Gasteiger partial charge in [0, 0.05) is 17.3 Å². The number of aromatic nitrogens is 4. The van der Waals surface area contributed by atoms with Crippen LogP contribution in [0.5, 0.6) is 0 Å². The molecule has 0 unspecified atom stereocenters. The summed E-state index contributed by atoms with van der Waals surface area (Å²) in [5, 5.41) is 4.79. The van der Waals surface area contributed by atoms with Crippen LogP contribution < -0.4 is 11.3 Å². The van der Waals surface area contributed by atoms with Crippen molar-refractivity contribution in [3.63, 3.8) is 0 Å². The van der Waals surface area contributed by atoms with Gasteiger partial charge in [0.15, 0.2) is 5.78 Å². The Balaban J connectivity index is 1.79. The number of nitrogen functional groups attached to an aromatic ring is 1. The lowest BCUT2D eigenvalue weighted by Gasteiger charge is -2.02. The molecule has 0 aliphatic heterocycles. The molecule has 0 amide bonds. The van der Waals surface area contributed by atoms with Crippen molar-refractivity contribution in [3.8, 4) is 0 Å². The third-order valence-corrected chi connectivity index (χ3v) is 3.83. The first-order valence-corrected chi connectivity index (χ1v) is 7.58. The number of carbonyl (C=O) groups excluding carboxylic acids is 1. The van der Waals surface area contributed by atoms with Gasteiger partial charge in [-0.05, 0) is 6.92 Å². The minimum Gasteiger partial charge on any atom is -0.308 e. The van der Waals surface area contributed by atoms with Crippen LogP contribution in [-0.2, 0) is 0 Å². The zero-order chi connectivity index (χ0) is 15.5. The SMILES string of the molecule is Cc1cc(NN)n2nc(SCC(=O)c3ccccc3)nc2n1. The van der Waals surface area contributed by atoms with Gasteiger partial charge in [-0.1, -0.05) is 42.1 Å². The second-order valence-corrected chi connectivity index (χ2v) is 5.55. The summed E-state index contributed by atoms with van der Waals surface area (Å²) in [5.41, 5.74) is 4.02. The molecular weight excluding hydrogens is 300 g/mol. The van der Waals surface area contributed by atoms with E-state index >= 15 is 0 Å². The van der Waals surface area contributed by atoms with E-state index in [9.17, 15) is 4.79 Å². The lowest BCUT2D eigenvalue weighted by atomic mass is 10.2. The minimum absolute atomic E-state index is 0.0331. The number of hydrazine groups is 1. The first kappa shape index (κ1) is 14.5. The summed E-state index contributed by atoms with van der Waals surface area (Å²) in [6.07, 6.45) is 0. The van der Waals surface area contributed by atoms with E-state index in [0.29, 0.717) is 22.3 Å². The molecule has 3 N–H and O–H groups in total. The van der Waals surface area contributed by atoms with Gasteiger partial charge in [0.25, 0.3) is 5.78 Å². The molecule has 0 fully saturated rings. The van der Waals surface area contributed by atoms with Gasteiger partial charge < -0.3 is 5.43 Å². The topological polar surface area (TPSA) is 98.2 Å². The number of rotatable bonds is 5. The average molecular weight is 314 g/mol. The zero-order valence-electron chi connectivity index (χ0n) is 11.9. The number of fused-ring (bicyclic) bond motifs is 1. The summed E-state index contributed by atoms with van der Waals surface area (Å²) in [5.74, 6) is 6.81. The number of hydrogen-bond acceptors (Lipinski definition) is 7. The first-order valence-electron chi connectivity index (χ1n) is 6.59. The average Bonchev–Trinajstić information content (AvgIpc) is 2.95. The Hall–Kier alpha value is -2.45. The molecule has 8 heteroatoms. The van der Waals surface area contributed by atoms with E-state index in [4.69, 9.17) is 5.84 Å². The van der Waals surface area contributed by atoms with Gasteiger partial charge >= 0.3 is 0 Å². The Morgan fingerprint density at radius 2 is 2.09 bits per heavy atom. The minimum atomic E-state index is 0.0331. The van der Waals surface area contributed by atoms with Crippen LogP contribution in [0.4, 0.5) is 5.82 Å². The Kier molecular flexibility index (Phi) is 4.03. The van der Waals surface area contributed by atoms with Crippen molar-refractivity contribution in [2.24, 2.45) is 5.84 Å². The van der Waals surface area contributed by atoms with Crippen LogP contribution in [0.1, 0.15) is 16.1 Å². The predicted octanol–water partition coefficient (Wildman–Crippen LogP) is 1.69. The van der Waals surface area contributed by atoms with Gasteiger partial charge in [0.05, 0.1) is 5.75 Å². The maximum absolute atomic E-state index is 12.1. The highest BCUT2D eigenvalue weighted by Gasteiger charge is 2.12. The van der Waals surface area contributed by atoms with Gasteiger partial charge in [-0.3, -0.25) is 4.79 Å². The third-order valence-electron chi connectivity index (χ3n) is 3.00. The summed E-state index contributed by atoms with van der Waals surface area (Å²) >= 11 is 1.27. The molecule has 22 heavy (non-hydrogen) atoms. The van der Waals surface area contributed by atoms with E-state index in [2.05, 4.69) is 20.5 Å². The molecule has 0 aliphatic carbocycles. The number of nitrogens with one attached hydrogen (secondary N) is 1. The van der Waals surface area contributed by atoms with Crippen molar-refractivity contribution >= 4 is 29.1 Å². The number of aryl methyl sites for hydroxylation is 1. The van der Waals surface area contributed by atoms with Crippen molar-refractivity contribution in [2.45, 2.75) is 12.1 Å². The van der Waals surface area contributed by atoms with E-state index < -0.39 is 0 Å². The molecular formula is C14H14N6OS. The van der Waals surface area contributed by atoms with E-state index in [0.717, 1.165) is 5.69 Å². The molecule has 0 saturated carbocycles. The molecule has 0 aliphatic rings. The molecule has 1 aromatic carbocycles. The van der Waals surface area contributed by atoms with Crippen LogP contribution in [0.2, 0.25) is 0 Å². The normalized spacial score (nSPS) is 10.8. The fourth-order valence-electron chi connectivity index (χ4n) is 1.97. The number of nitrogens with zero attached hydrogens (tertiary/aromatic N) is 4. The van der Waals surface area contributed by atoms with E-state index in [-0.39, 0.29) is 11.5 Å². The van der Waals surface area contributed by atoms with E-state index in [1.165, 1.54) is 16.3 Å². The van der Waals surface area contributed by atoms with E-state index in [1.807, 2.05) is 25.1 Å². The standard InChI is InChI=1S/C14H14N6OS/c1-9-7-12(18-15)20-13(16-9)17-14(19-20)22-8-11(21)10-5-3-2-4-6-10/h2-7,18H,8,15H2,1H3. The summed E-state index contributed by atoms with van der Waals surface area (Å²) in [7, 11) is 0.